The van der Waals surface area contributed by atoms with Crippen LogP contribution in [0.25, 0.3) is 11.3 Å². The van der Waals surface area contributed by atoms with Gasteiger partial charge in [0.1, 0.15) is 0 Å². The molecule has 112 valence electrons. The highest BCUT2D eigenvalue weighted by Crippen LogP contribution is 2.23. The number of hydrogen-bond acceptors (Lipinski definition) is 4. The van der Waals surface area contributed by atoms with Gasteiger partial charge in [-0.15, -0.1) is 0 Å². The summed E-state index contributed by atoms with van der Waals surface area (Å²) >= 11 is 5.95. The molecule has 0 fully saturated rings. The number of halogens is 1. The highest BCUT2D eigenvalue weighted by molar-refractivity contribution is 6.30. The molecule has 0 radical (unpaired) electrons. The molecule has 0 bridgehead atoms. The van der Waals surface area contributed by atoms with Gasteiger partial charge in [0.25, 0.3) is 0 Å². The average molecular weight is 309 g/mol. The summed E-state index contributed by atoms with van der Waals surface area (Å²) in [6, 6.07) is 7.37. The van der Waals surface area contributed by atoms with Gasteiger partial charge >= 0.3 is 5.97 Å². The van der Waals surface area contributed by atoms with Gasteiger partial charge in [0.2, 0.25) is 5.89 Å². The van der Waals surface area contributed by atoms with Crippen LogP contribution < -0.4 is 0 Å². The molecule has 6 heteroatoms. The molecule has 0 unspecified atom stereocenters. The number of aliphatic carboxylic acids is 1. The topological polar surface area (TPSA) is 66.6 Å². The molecule has 0 aliphatic carbocycles. The summed E-state index contributed by atoms with van der Waals surface area (Å²) in [4.78, 5) is 16.8. The number of hydrogen-bond donors (Lipinski definition) is 1. The molecule has 2 aromatic rings. The zero-order valence-electron chi connectivity index (χ0n) is 11.8. The quantitative estimate of drug-likeness (QED) is 0.850. The number of rotatable bonds is 7. The highest BCUT2D eigenvalue weighted by atomic mass is 35.5. The van der Waals surface area contributed by atoms with Gasteiger partial charge in [-0.2, -0.15) is 0 Å². The van der Waals surface area contributed by atoms with E-state index in [0.717, 1.165) is 12.1 Å². The summed E-state index contributed by atoms with van der Waals surface area (Å²) in [5, 5.41) is 9.37. The predicted octanol–water partition coefficient (Wildman–Crippen LogP) is 3.29. The van der Waals surface area contributed by atoms with E-state index in [-0.39, 0.29) is 6.42 Å². The molecule has 1 aromatic carbocycles. The van der Waals surface area contributed by atoms with Crippen LogP contribution in [0.2, 0.25) is 5.02 Å². The molecule has 0 saturated heterocycles. The first-order valence-electron chi connectivity index (χ1n) is 6.73. The third kappa shape index (κ3) is 4.58. The maximum atomic E-state index is 10.6. The van der Waals surface area contributed by atoms with Crippen molar-refractivity contribution in [1.82, 2.24) is 9.88 Å². The van der Waals surface area contributed by atoms with Gasteiger partial charge in [-0.1, -0.05) is 30.7 Å². The zero-order valence-corrected chi connectivity index (χ0v) is 12.5. The van der Waals surface area contributed by atoms with Crippen molar-refractivity contribution in [3.8, 4) is 11.3 Å². The Morgan fingerprint density at radius 3 is 2.95 bits per heavy atom. The normalized spacial score (nSPS) is 11.0. The molecule has 5 nitrogen and oxygen atoms in total. The van der Waals surface area contributed by atoms with Crippen molar-refractivity contribution >= 4 is 17.6 Å². The molecule has 1 aromatic heterocycles. The minimum absolute atomic E-state index is 0.107. The van der Waals surface area contributed by atoms with Crippen molar-refractivity contribution in [1.29, 1.82) is 0 Å². The molecule has 21 heavy (non-hydrogen) atoms. The molecule has 0 saturated carbocycles. The van der Waals surface area contributed by atoms with Crippen LogP contribution in [0.4, 0.5) is 0 Å². The van der Waals surface area contributed by atoms with Crippen LogP contribution in [0.15, 0.2) is 34.9 Å². The summed E-state index contributed by atoms with van der Waals surface area (Å²) in [6.07, 6.45) is 1.77. The Hall–Kier alpha value is -1.85. The van der Waals surface area contributed by atoms with Crippen LogP contribution in [0, 0.1) is 0 Å². The Morgan fingerprint density at radius 2 is 2.29 bits per heavy atom. The van der Waals surface area contributed by atoms with Crippen molar-refractivity contribution in [2.75, 3.05) is 13.1 Å². The van der Waals surface area contributed by atoms with E-state index in [0.29, 0.717) is 29.8 Å². The van der Waals surface area contributed by atoms with Crippen LogP contribution in [0.1, 0.15) is 19.2 Å². The van der Waals surface area contributed by atoms with E-state index < -0.39 is 5.97 Å². The van der Waals surface area contributed by atoms with E-state index in [1.54, 1.807) is 12.3 Å². The second-order valence-corrected chi connectivity index (χ2v) is 5.08. The van der Waals surface area contributed by atoms with E-state index in [2.05, 4.69) is 4.98 Å². The lowest BCUT2D eigenvalue weighted by Crippen LogP contribution is -2.25. The van der Waals surface area contributed by atoms with Gasteiger partial charge in [-0.25, -0.2) is 4.98 Å². The monoisotopic (exact) mass is 308 g/mol. The van der Waals surface area contributed by atoms with Crippen molar-refractivity contribution < 1.29 is 14.3 Å². The molecule has 0 atom stereocenters. The van der Waals surface area contributed by atoms with Crippen molar-refractivity contribution in [2.24, 2.45) is 0 Å². The van der Waals surface area contributed by atoms with Gasteiger partial charge in [0, 0.05) is 17.1 Å². The molecular weight excluding hydrogens is 292 g/mol. The smallest absolute Gasteiger partial charge is 0.304 e. The van der Waals surface area contributed by atoms with E-state index in [1.165, 1.54) is 0 Å². The molecule has 0 spiro atoms. The summed E-state index contributed by atoms with van der Waals surface area (Å²) in [5.41, 5.74) is 0.870. The second-order valence-electron chi connectivity index (χ2n) is 4.64. The Bertz CT molecular complexity index is 612. The van der Waals surface area contributed by atoms with Gasteiger partial charge in [0.15, 0.2) is 5.76 Å². The maximum Gasteiger partial charge on any atom is 0.304 e. The van der Waals surface area contributed by atoms with Gasteiger partial charge < -0.3 is 9.52 Å². The average Bonchev–Trinajstić information content (AvgIpc) is 2.92. The SMILES string of the molecule is CCN(CCC(=O)O)Cc1ncc(-c2cccc(Cl)c2)o1. The molecule has 0 aliphatic heterocycles. The van der Waals surface area contributed by atoms with E-state index in [4.69, 9.17) is 21.1 Å². The van der Waals surface area contributed by atoms with Crippen LogP contribution in [0.3, 0.4) is 0 Å². The molecule has 0 amide bonds. The van der Waals surface area contributed by atoms with Crippen LogP contribution in [-0.2, 0) is 11.3 Å². The molecular formula is C15H17ClN2O3. The van der Waals surface area contributed by atoms with E-state index >= 15 is 0 Å². The fourth-order valence-electron chi connectivity index (χ4n) is 1.95. The lowest BCUT2D eigenvalue weighted by atomic mass is 10.2. The first-order chi connectivity index (χ1) is 10.1. The summed E-state index contributed by atoms with van der Waals surface area (Å²) in [7, 11) is 0. The first-order valence-corrected chi connectivity index (χ1v) is 7.11. The minimum atomic E-state index is -0.805. The Labute approximate surface area is 128 Å². The number of nitrogens with zero attached hydrogens (tertiary/aromatic N) is 2. The summed E-state index contributed by atoms with van der Waals surface area (Å²) < 4.78 is 5.70. The number of carboxylic acid groups (broad SMARTS) is 1. The minimum Gasteiger partial charge on any atom is -0.481 e. The third-order valence-electron chi connectivity index (χ3n) is 3.11. The number of aromatic nitrogens is 1. The third-order valence-corrected chi connectivity index (χ3v) is 3.35. The van der Waals surface area contributed by atoms with E-state index in [1.807, 2.05) is 30.0 Å². The zero-order chi connectivity index (χ0) is 15.2. The van der Waals surface area contributed by atoms with Gasteiger partial charge in [-0.05, 0) is 18.7 Å². The van der Waals surface area contributed by atoms with Gasteiger partial charge in [-0.3, -0.25) is 9.69 Å². The number of oxazole rings is 1. The standard InChI is InChI=1S/C15H17ClN2O3/c1-2-18(7-6-15(19)20)10-14-17-9-13(21-14)11-4-3-5-12(16)8-11/h3-5,8-9H,2,6-7,10H2,1H3,(H,19,20). The Morgan fingerprint density at radius 1 is 1.48 bits per heavy atom. The summed E-state index contributed by atoms with van der Waals surface area (Å²) in [5.74, 6) is 0.416. The fraction of sp³-hybridized carbons (Fsp3) is 0.333. The molecule has 1 N–H and O–H groups in total. The van der Waals surface area contributed by atoms with Crippen LogP contribution >= 0.6 is 11.6 Å². The largest absolute Gasteiger partial charge is 0.481 e. The van der Waals surface area contributed by atoms with Crippen LogP contribution in [-0.4, -0.2) is 34.0 Å². The van der Waals surface area contributed by atoms with Crippen molar-refractivity contribution in [2.45, 2.75) is 19.9 Å². The second kappa shape index (κ2) is 7.24. The highest BCUT2D eigenvalue weighted by Gasteiger charge is 2.11. The number of carboxylic acids is 1. The Kier molecular flexibility index (Phi) is 5.36. The number of benzene rings is 1. The fourth-order valence-corrected chi connectivity index (χ4v) is 2.14. The lowest BCUT2D eigenvalue weighted by Gasteiger charge is -2.16. The Balaban J connectivity index is 2.03. The maximum absolute atomic E-state index is 10.6. The van der Waals surface area contributed by atoms with Crippen molar-refractivity contribution in [3.63, 3.8) is 0 Å². The van der Waals surface area contributed by atoms with Gasteiger partial charge in [0.05, 0.1) is 19.2 Å². The van der Waals surface area contributed by atoms with E-state index in [9.17, 15) is 4.79 Å². The summed E-state index contributed by atoms with van der Waals surface area (Å²) in [6.45, 7) is 3.68. The lowest BCUT2D eigenvalue weighted by molar-refractivity contribution is -0.137. The first kappa shape index (κ1) is 15.5. The molecule has 0 aliphatic rings. The molecule has 1 heterocycles. The number of carbonyl (C=O) groups is 1. The van der Waals surface area contributed by atoms with Crippen molar-refractivity contribution in [3.05, 3.63) is 41.4 Å². The predicted molar refractivity (Wildman–Crippen MR) is 80.2 cm³/mol. The van der Waals surface area contributed by atoms with Crippen LogP contribution in [0.5, 0.6) is 0 Å². The molecule has 2 rings (SSSR count).